The molecule has 0 fully saturated rings. The zero-order chi connectivity index (χ0) is 17.1. The lowest BCUT2D eigenvalue weighted by molar-refractivity contribution is 0.0843. The van der Waals surface area contributed by atoms with E-state index in [2.05, 4.69) is 15.3 Å². The van der Waals surface area contributed by atoms with Crippen molar-refractivity contribution in [3.8, 4) is 0 Å². The molecule has 0 aliphatic carbocycles. The molecule has 2 aromatic rings. The van der Waals surface area contributed by atoms with Gasteiger partial charge in [-0.1, -0.05) is 11.3 Å². The Bertz CT molecular complexity index is 700. The summed E-state index contributed by atoms with van der Waals surface area (Å²) in [5, 5.41) is 8.30. The third kappa shape index (κ3) is 3.38. The first-order valence-electron chi connectivity index (χ1n) is 7.88. The molecule has 0 unspecified atom stereocenters. The summed E-state index contributed by atoms with van der Waals surface area (Å²) >= 11 is 0. The number of nitrogens with zero attached hydrogens (tertiary/aromatic N) is 6. The van der Waals surface area contributed by atoms with Gasteiger partial charge in [-0.3, -0.25) is 9.67 Å². The minimum Gasteiger partial charge on any atom is -0.374 e. The Balaban J connectivity index is 1.70. The van der Waals surface area contributed by atoms with Gasteiger partial charge in [0.15, 0.2) is 0 Å². The number of amides is 2. The highest BCUT2D eigenvalue weighted by molar-refractivity contribution is 5.74. The first kappa shape index (κ1) is 16.4. The number of rotatable bonds is 4. The molecule has 24 heavy (non-hydrogen) atoms. The van der Waals surface area contributed by atoms with E-state index in [4.69, 9.17) is 4.74 Å². The average Bonchev–Trinajstić information content (AvgIpc) is 2.96. The highest BCUT2D eigenvalue weighted by atomic mass is 16.5. The fraction of sp³-hybridized carbons (Fsp3) is 0.500. The number of ether oxygens (including phenoxy) is 1. The molecule has 128 valence electrons. The van der Waals surface area contributed by atoms with Gasteiger partial charge < -0.3 is 14.5 Å². The van der Waals surface area contributed by atoms with Crippen LogP contribution in [0.15, 0.2) is 24.4 Å². The van der Waals surface area contributed by atoms with Gasteiger partial charge in [-0.05, 0) is 12.1 Å². The first-order chi connectivity index (χ1) is 11.6. The Morgan fingerprint density at radius 2 is 2.25 bits per heavy atom. The molecule has 0 saturated heterocycles. The minimum atomic E-state index is -0.0268. The number of hydrogen-bond donors (Lipinski definition) is 0. The van der Waals surface area contributed by atoms with E-state index in [0.717, 1.165) is 17.1 Å². The quantitative estimate of drug-likeness (QED) is 0.836. The monoisotopic (exact) mass is 330 g/mol. The Kier molecular flexibility index (Phi) is 4.75. The standard InChI is InChI=1S/C16H22N6O2/c1-20(2)16(23)22-8-12(15-14(9-22)18-19-21(15)3)10-24-11-13-6-4-5-7-17-13/h4-7,12H,8-11H2,1-3H3/t12-/m0/s1. The van der Waals surface area contributed by atoms with Crippen LogP contribution < -0.4 is 0 Å². The normalized spacial score (nSPS) is 16.8. The van der Waals surface area contributed by atoms with Crippen molar-refractivity contribution in [1.82, 2.24) is 29.8 Å². The van der Waals surface area contributed by atoms with E-state index in [-0.39, 0.29) is 11.9 Å². The number of hydrogen-bond acceptors (Lipinski definition) is 5. The summed E-state index contributed by atoms with van der Waals surface area (Å²) in [7, 11) is 5.38. The molecule has 3 rings (SSSR count). The average molecular weight is 330 g/mol. The van der Waals surface area contributed by atoms with Crippen LogP contribution in [0.25, 0.3) is 0 Å². The molecule has 0 aromatic carbocycles. The Morgan fingerprint density at radius 3 is 2.96 bits per heavy atom. The van der Waals surface area contributed by atoms with Gasteiger partial charge in [0.1, 0.15) is 5.69 Å². The smallest absolute Gasteiger partial charge is 0.319 e. The zero-order valence-corrected chi connectivity index (χ0v) is 14.2. The molecule has 2 amide bonds. The predicted molar refractivity (Wildman–Crippen MR) is 87.1 cm³/mol. The number of aryl methyl sites for hydroxylation is 1. The van der Waals surface area contributed by atoms with Crippen molar-refractivity contribution in [3.05, 3.63) is 41.5 Å². The summed E-state index contributed by atoms with van der Waals surface area (Å²) in [5.41, 5.74) is 2.77. The van der Waals surface area contributed by atoms with Gasteiger partial charge >= 0.3 is 6.03 Å². The second-order valence-corrected chi connectivity index (χ2v) is 6.14. The van der Waals surface area contributed by atoms with E-state index in [1.165, 1.54) is 0 Å². The van der Waals surface area contributed by atoms with E-state index in [9.17, 15) is 4.79 Å². The van der Waals surface area contributed by atoms with Gasteiger partial charge in [0.2, 0.25) is 0 Å². The van der Waals surface area contributed by atoms with E-state index in [1.807, 2.05) is 25.2 Å². The molecule has 0 N–H and O–H groups in total. The van der Waals surface area contributed by atoms with Crippen LogP contribution in [0.5, 0.6) is 0 Å². The maximum atomic E-state index is 12.3. The molecule has 0 radical (unpaired) electrons. The van der Waals surface area contributed by atoms with Crippen molar-refractivity contribution < 1.29 is 9.53 Å². The third-order valence-electron chi connectivity index (χ3n) is 4.06. The van der Waals surface area contributed by atoms with Crippen LogP contribution in [-0.2, 0) is 24.9 Å². The van der Waals surface area contributed by atoms with Crippen LogP contribution in [0.1, 0.15) is 23.0 Å². The van der Waals surface area contributed by atoms with Crippen LogP contribution in [0, 0.1) is 0 Å². The van der Waals surface area contributed by atoms with Crippen LogP contribution in [-0.4, -0.2) is 63.1 Å². The van der Waals surface area contributed by atoms with E-state index < -0.39 is 0 Å². The van der Waals surface area contributed by atoms with Crippen molar-refractivity contribution in [1.29, 1.82) is 0 Å². The molecule has 1 aliphatic heterocycles. The van der Waals surface area contributed by atoms with Crippen molar-refractivity contribution in [2.45, 2.75) is 19.1 Å². The highest BCUT2D eigenvalue weighted by Crippen LogP contribution is 2.27. The molecular weight excluding hydrogens is 308 g/mol. The number of carbonyl (C=O) groups is 1. The molecule has 0 saturated carbocycles. The largest absolute Gasteiger partial charge is 0.374 e. The van der Waals surface area contributed by atoms with Crippen LogP contribution >= 0.6 is 0 Å². The van der Waals surface area contributed by atoms with Gasteiger partial charge in [-0.25, -0.2) is 4.79 Å². The topological polar surface area (TPSA) is 76.4 Å². The SMILES string of the molecule is CN(C)C(=O)N1Cc2nnn(C)c2[C@H](COCc2ccccn2)C1. The van der Waals surface area contributed by atoms with Gasteiger partial charge in [0.05, 0.1) is 31.1 Å². The van der Waals surface area contributed by atoms with Crippen molar-refractivity contribution in [2.24, 2.45) is 7.05 Å². The lowest BCUT2D eigenvalue weighted by Gasteiger charge is -2.33. The Labute approximate surface area is 141 Å². The first-order valence-corrected chi connectivity index (χ1v) is 7.88. The maximum Gasteiger partial charge on any atom is 0.319 e. The second kappa shape index (κ2) is 6.96. The van der Waals surface area contributed by atoms with Gasteiger partial charge in [0.25, 0.3) is 0 Å². The Morgan fingerprint density at radius 1 is 1.42 bits per heavy atom. The number of pyridine rings is 1. The Hall–Kier alpha value is -2.48. The van der Waals surface area contributed by atoms with Gasteiger partial charge in [-0.2, -0.15) is 0 Å². The molecule has 0 bridgehead atoms. The molecular formula is C16H22N6O2. The number of aromatic nitrogens is 4. The van der Waals surface area contributed by atoms with E-state index in [1.54, 1.807) is 34.8 Å². The van der Waals surface area contributed by atoms with Crippen molar-refractivity contribution >= 4 is 6.03 Å². The number of urea groups is 1. The summed E-state index contributed by atoms with van der Waals surface area (Å²) in [6, 6.07) is 5.72. The van der Waals surface area contributed by atoms with E-state index >= 15 is 0 Å². The fourth-order valence-corrected chi connectivity index (χ4v) is 2.97. The molecule has 2 aromatic heterocycles. The minimum absolute atomic E-state index is 0.0268. The summed E-state index contributed by atoms with van der Waals surface area (Å²) < 4.78 is 7.63. The van der Waals surface area contributed by atoms with Crippen molar-refractivity contribution in [2.75, 3.05) is 27.2 Å². The summed E-state index contributed by atoms with van der Waals surface area (Å²) in [4.78, 5) is 19.9. The molecule has 3 heterocycles. The molecule has 8 heteroatoms. The summed E-state index contributed by atoms with van der Waals surface area (Å²) in [6.45, 7) is 2.01. The molecule has 1 aliphatic rings. The number of carbonyl (C=O) groups excluding carboxylic acids is 1. The predicted octanol–water partition coefficient (Wildman–Crippen LogP) is 1.01. The molecule has 0 spiro atoms. The van der Waals surface area contributed by atoms with Crippen LogP contribution in [0.3, 0.4) is 0 Å². The maximum absolute atomic E-state index is 12.3. The lowest BCUT2D eigenvalue weighted by Crippen LogP contribution is -2.44. The summed E-state index contributed by atoms with van der Waals surface area (Å²) in [6.07, 6.45) is 1.75. The lowest BCUT2D eigenvalue weighted by atomic mass is 9.99. The van der Waals surface area contributed by atoms with Crippen LogP contribution in [0.4, 0.5) is 4.79 Å². The summed E-state index contributed by atoms with van der Waals surface area (Å²) in [5.74, 6) is 0.0429. The van der Waals surface area contributed by atoms with Crippen LogP contribution in [0.2, 0.25) is 0 Å². The van der Waals surface area contributed by atoms with Gasteiger partial charge in [-0.15, -0.1) is 5.10 Å². The molecule has 8 nitrogen and oxygen atoms in total. The highest BCUT2D eigenvalue weighted by Gasteiger charge is 2.33. The van der Waals surface area contributed by atoms with Crippen molar-refractivity contribution in [3.63, 3.8) is 0 Å². The molecule has 1 atom stereocenters. The van der Waals surface area contributed by atoms with Gasteiger partial charge in [0, 0.05) is 39.8 Å². The fourth-order valence-electron chi connectivity index (χ4n) is 2.97. The zero-order valence-electron chi connectivity index (χ0n) is 14.2. The third-order valence-corrected chi connectivity index (χ3v) is 4.06. The second-order valence-electron chi connectivity index (χ2n) is 6.14. The number of fused-ring (bicyclic) bond motifs is 1. The van der Waals surface area contributed by atoms with E-state index in [0.29, 0.717) is 26.3 Å².